The molecule has 1 aliphatic carbocycles. The van der Waals surface area contributed by atoms with Gasteiger partial charge in [0.15, 0.2) is 0 Å². The summed E-state index contributed by atoms with van der Waals surface area (Å²) in [5.41, 5.74) is 0.839. The van der Waals surface area contributed by atoms with E-state index < -0.39 is 0 Å². The summed E-state index contributed by atoms with van der Waals surface area (Å²) in [7, 11) is 0. The van der Waals surface area contributed by atoms with Crippen LogP contribution < -0.4 is 5.32 Å². The van der Waals surface area contributed by atoms with E-state index in [-0.39, 0.29) is 23.8 Å². The van der Waals surface area contributed by atoms with E-state index in [2.05, 4.69) is 10.3 Å². The lowest BCUT2D eigenvalue weighted by molar-refractivity contribution is -0.124. The maximum atomic E-state index is 13.0. The molecule has 25 heavy (non-hydrogen) atoms. The second-order valence-electron chi connectivity index (χ2n) is 7.36. The number of likely N-dealkylation sites (tertiary alicyclic amines) is 1. The number of aromatic nitrogens is 1. The first-order chi connectivity index (χ1) is 12.1. The van der Waals surface area contributed by atoms with Crippen LogP contribution in [0.1, 0.15) is 71.7 Å². The van der Waals surface area contributed by atoms with Crippen molar-refractivity contribution in [3.8, 4) is 0 Å². The Labute approximate surface area is 154 Å². The Morgan fingerprint density at radius 2 is 1.88 bits per heavy atom. The molecule has 138 valence electrons. The molecule has 1 aromatic heterocycles. The minimum atomic E-state index is 0.120. The van der Waals surface area contributed by atoms with Crippen molar-refractivity contribution >= 4 is 23.2 Å². The van der Waals surface area contributed by atoms with Gasteiger partial charge in [0.25, 0.3) is 5.91 Å². The van der Waals surface area contributed by atoms with Gasteiger partial charge in [-0.3, -0.25) is 9.59 Å². The molecule has 0 unspecified atom stereocenters. The summed E-state index contributed by atoms with van der Waals surface area (Å²) in [5.74, 6) is 0.543. The van der Waals surface area contributed by atoms with Gasteiger partial charge in [0.1, 0.15) is 4.88 Å². The summed E-state index contributed by atoms with van der Waals surface area (Å²) in [5, 5.41) is 4.04. The lowest BCUT2D eigenvalue weighted by atomic mass is 9.98. The lowest BCUT2D eigenvalue weighted by Crippen LogP contribution is -2.45. The van der Waals surface area contributed by atoms with Gasteiger partial charge >= 0.3 is 0 Å². The van der Waals surface area contributed by atoms with Gasteiger partial charge in [0.05, 0.1) is 10.7 Å². The van der Waals surface area contributed by atoms with Gasteiger partial charge in [-0.2, -0.15) is 0 Å². The molecular weight excluding hydrogens is 334 g/mol. The number of carbonyl (C=O) groups is 2. The van der Waals surface area contributed by atoms with E-state index in [1.807, 2.05) is 18.7 Å². The summed E-state index contributed by atoms with van der Waals surface area (Å²) in [6.45, 7) is 5.35. The minimum Gasteiger partial charge on any atom is -0.356 e. The number of nitrogens with one attached hydrogen (secondary N) is 1. The fourth-order valence-corrected chi connectivity index (χ4v) is 5.00. The molecule has 1 atom stereocenters. The summed E-state index contributed by atoms with van der Waals surface area (Å²) < 4.78 is 0. The monoisotopic (exact) mass is 363 g/mol. The third-order valence-electron chi connectivity index (χ3n) is 5.49. The Morgan fingerprint density at radius 3 is 2.56 bits per heavy atom. The predicted molar refractivity (Wildman–Crippen MR) is 99.8 cm³/mol. The van der Waals surface area contributed by atoms with Crippen molar-refractivity contribution in [1.29, 1.82) is 0 Å². The summed E-state index contributed by atoms with van der Waals surface area (Å²) in [6.07, 6.45) is 8.52. The molecule has 0 spiro atoms. The number of nitrogens with zero attached hydrogens (tertiary/aromatic N) is 2. The Balaban J connectivity index is 1.56. The van der Waals surface area contributed by atoms with E-state index in [9.17, 15) is 9.59 Å². The number of piperidine rings is 1. The quantitative estimate of drug-likeness (QED) is 0.871. The van der Waals surface area contributed by atoms with Gasteiger partial charge in [-0.1, -0.05) is 12.8 Å². The Hall–Kier alpha value is -1.43. The third kappa shape index (κ3) is 4.40. The standard InChI is InChI=1S/C19H29N3O2S/c1-13-17(25-14(2)21-13)19(24)22-12-6-5-9-16(22)10-11-20-18(23)15-7-3-4-8-15/h15-16H,3-12H2,1-2H3,(H,20,23)/t16-/m0/s1. The highest BCUT2D eigenvalue weighted by Crippen LogP contribution is 2.27. The van der Waals surface area contributed by atoms with Crippen LogP contribution in [0.5, 0.6) is 0 Å². The average molecular weight is 364 g/mol. The molecule has 3 rings (SSSR count). The van der Waals surface area contributed by atoms with Crippen LogP contribution >= 0.6 is 11.3 Å². The number of hydrogen-bond donors (Lipinski definition) is 1. The molecule has 1 aromatic rings. The molecule has 2 amide bonds. The zero-order chi connectivity index (χ0) is 17.8. The van der Waals surface area contributed by atoms with E-state index >= 15 is 0 Å². The molecule has 1 saturated carbocycles. The normalized spacial score (nSPS) is 21.5. The molecule has 1 N–H and O–H groups in total. The highest BCUT2D eigenvalue weighted by Gasteiger charge is 2.30. The molecule has 5 nitrogen and oxygen atoms in total. The molecule has 1 aliphatic heterocycles. The molecule has 2 fully saturated rings. The minimum absolute atomic E-state index is 0.120. The molecular formula is C19H29N3O2S. The topological polar surface area (TPSA) is 62.3 Å². The molecule has 6 heteroatoms. The fraction of sp³-hybridized carbons (Fsp3) is 0.737. The van der Waals surface area contributed by atoms with Crippen molar-refractivity contribution < 1.29 is 9.59 Å². The lowest BCUT2D eigenvalue weighted by Gasteiger charge is -2.35. The van der Waals surface area contributed by atoms with E-state index in [1.165, 1.54) is 24.2 Å². The van der Waals surface area contributed by atoms with Crippen LogP contribution in [0.4, 0.5) is 0 Å². The van der Waals surface area contributed by atoms with Crippen molar-refractivity contribution in [2.45, 2.75) is 71.3 Å². The van der Waals surface area contributed by atoms with E-state index in [4.69, 9.17) is 0 Å². The van der Waals surface area contributed by atoms with Crippen LogP contribution in [0.2, 0.25) is 0 Å². The molecule has 0 aromatic carbocycles. The van der Waals surface area contributed by atoms with Crippen LogP contribution in [0.3, 0.4) is 0 Å². The number of thiazole rings is 1. The summed E-state index contributed by atoms with van der Waals surface area (Å²) in [4.78, 5) is 32.3. The second kappa shape index (κ2) is 8.30. The molecule has 0 bridgehead atoms. The summed E-state index contributed by atoms with van der Waals surface area (Å²) >= 11 is 1.49. The maximum absolute atomic E-state index is 13.0. The van der Waals surface area contributed by atoms with Gasteiger partial charge in [-0.15, -0.1) is 11.3 Å². The van der Waals surface area contributed by atoms with Crippen molar-refractivity contribution in [3.63, 3.8) is 0 Å². The first kappa shape index (κ1) is 18.4. The van der Waals surface area contributed by atoms with E-state index in [0.29, 0.717) is 6.54 Å². The zero-order valence-corrected chi connectivity index (χ0v) is 16.2. The molecule has 0 radical (unpaired) electrons. The van der Waals surface area contributed by atoms with Gasteiger partial charge < -0.3 is 10.2 Å². The van der Waals surface area contributed by atoms with Crippen molar-refractivity contribution in [2.24, 2.45) is 5.92 Å². The summed E-state index contributed by atoms with van der Waals surface area (Å²) in [6, 6.07) is 0.229. The first-order valence-electron chi connectivity index (χ1n) is 9.59. The van der Waals surface area contributed by atoms with Crippen LogP contribution in [-0.2, 0) is 4.79 Å². The van der Waals surface area contributed by atoms with Crippen molar-refractivity contribution in [3.05, 3.63) is 15.6 Å². The largest absolute Gasteiger partial charge is 0.356 e. The number of carbonyl (C=O) groups excluding carboxylic acids is 2. The van der Waals surface area contributed by atoms with Crippen LogP contribution in [0.15, 0.2) is 0 Å². The molecule has 1 saturated heterocycles. The molecule has 2 aliphatic rings. The SMILES string of the molecule is Cc1nc(C)c(C(=O)N2CCCC[C@H]2CCNC(=O)C2CCCC2)s1. The van der Waals surface area contributed by atoms with Gasteiger partial charge in [0.2, 0.25) is 5.91 Å². The van der Waals surface area contributed by atoms with Crippen LogP contribution in [0, 0.1) is 19.8 Å². The highest BCUT2D eigenvalue weighted by molar-refractivity contribution is 7.13. The Kier molecular flexibility index (Phi) is 6.10. The Morgan fingerprint density at radius 1 is 1.16 bits per heavy atom. The van der Waals surface area contributed by atoms with E-state index in [0.717, 1.165) is 60.6 Å². The molecule has 2 heterocycles. The number of aryl methyl sites for hydroxylation is 2. The van der Waals surface area contributed by atoms with Crippen LogP contribution in [-0.4, -0.2) is 40.8 Å². The average Bonchev–Trinajstić information content (AvgIpc) is 3.24. The second-order valence-corrected chi connectivity index (χ2v) is 8.56. The maximum Gasteiger partial charge on any atom is 0.266 e. The zero-order valence-electron chi connectivity index (χ0n) is 15.3. The fourth-order valence-electron chi connectivity index (χ4n) is 4.12. The predicted octanol–water partition coefficient (Wildman–Crippen LogP) is 3.45. The van der Waals surface area contributed by atoms with E-state index in [1.54, 1.807) is 0 Å². The van der Waals surface area contributed by atoms with Crippen LogP contribution in [0.25, 0.3) is 0 Å². The highest BCUT2D eigenvalue weighted by atomic mass is 32.1. The Bertz CT molecular complexity index is 622. The third-order valence-corrected chi connectivity index (χ3v) is 6.55. The smallest absolute Gasteiger partial charge is 0.266 e. The van der Waals surface area contributed by atoms with Crippen molar-refractivity contribution in [2.75, 3.05) is 13.1 Å². The van der Waals surface area contributed by atoms with Crippen molar-refractivity contribution in [1.82, 2.24) is 15.2 Å². The number of amides is 2. The van der Waals surface area contributed by atoms with Gasteiger partial charge in [-0.25, -0.2) is 4.98 Å². The number of hydrogen-bond acceptors (Lipinski definition) is 4. The first-order valence-corrected chi connectivity index (χ1v) is 10.4. The van der Waals surface area contributed by atoms with Gasteiger partial charge in [-0.05, 0) is 52.4 Å². The van der Waals surface area contributed by atoms with Gasteiger partial charge in [0, 0.05) is 25.0 Å². The number of rotatable bonds is 5.